The van der Waals surface area contributed by atoms with E-state index in [1.807, 2.05) is 0 Å². The molecule has 1 atom stereocenters. The minimum absolute atomic E-state index is 0.214. The molecule has 0 aliphatic carbocycles. The Balaban J connectivity index is 2.36. The lowest BCUT2D eigenvalue weighted by Crippen LogP contribution is -2.42. The summed E-state index contributed by atoms with van der Waals surface area (Å²) in [6.45, 7) is 4.13. The average Bonchev–Trinajstić information content (AvgIpc) is 2.80. The van der Waals surface area contributed by atoms with Gasteiger partial charge < -0.3 is 9.88 Å². The van der Waals surface area contributed by atoms with Gasteiger partial charge >= 0.3 is 6.18 Å². The van der Waals surface area contributed by atoms with E-state index in [2.05, 4.69) is 10.3 Å². The van der Waals surface area contributed by atoms with Gasteiger partial charge in [-0.2, -0.15) is 17.9 Å². The van der Waals surface area contributed by atoms with Crippen LogP contribution in [0.3, 0.4) is 0 Å². The van der Waals surface area contributed by atoms with Gasteiger partial charge in [-0.1, -0.05) is 11.6 Å². The summed E-state index contributed by atoms with van der Waals surface area (Å²) in [5.74, 6) is -0.720. The van der Waals surface area contributed by atoms with Crippen LogP contribution in [0.25, 0.3) is 0 Å². The molecular formula is C16H18ClF3N4O3S. The molecule has 2 heterocycles. The normalized spacial score (nSPS) is 13.4. The average molecular weight is 439 g/mol. The monoisotopic (exact) mass is 438 g/mol. The number of alkyl halides is 3. The molecular weight excluding hydrogens is 421 g/mol. The van der Waals surface area contributed by atoms with Crippen molar-refractivity contribution in [3.8, 4) is 0 Å². The maximum Gasteiger partial charge on any atom is 0.404 e. The van der Waals surface area contributed by atoms with Crippen molar-refractivity contribution in [2.24, 2.45) is 7.05 Å². The van der Waals surface area contributed by atoms with Crippen LogP contribution >= 0.6 is 11.6 Å². The highest BCUT2D eigenvalue weighted by Crippen LogP contribution is 2.29. The van der Waals surface area contributed by atoms with Gasteiger partial charge in [0.2, 0.25) is 10.0 Å². The molecule has 0 saturated carbocycles. The summed E-state index contributed by atoms with van der Waals surface area (Å²) in [6.07, 6.45) is -3.79. The van der Waals surface area contributed by atoms with Gasteiger partial charge in [0, 0.05) is 30.3 Å². The Morgan fingerprint density at radius 1 is 1.25 bits per heavy atom. The third-order valence-electron chi connectivity index (χ3n) is 3.75. The standard InChI is InChI=1S/C16H18ClF3N4O3S/c1-8-5-11(6-9(2)21-8)22-15(25)14-13(17)12(7-24(14)4)28(26,27)23-10(3)16(18,19)20/h5-7,10,23H,1-4H3,(H,21,22,25)/t10-/m1/s1. The number of halogens is 4. The lowest BCUT2D eigenvalue weighted by molar-refractivity contribution is -0.147. The van der Waals surface area contributed by atoms with Crippen molar-refractivity contribution < 1.29 is 26.4 Å². The highest BCUT2D eigenvalue weighted by Gasteiger charge is 2.40. The van der Waals surface area contributed by atoms with E-state index < -0.39 is 38.1 Å². The van der Waals surface area contributed by atoms with Gasteiger partial charge in [-0.3, -0.25) is 9.78 Å². The Labute approximate surface area is 165 Å². The number of rotatable bonds is 5. The van der Waals surface area contributed by atoms with Crippen molar-refractivity contribution in [1.29, 1.82) is 0 Å². The Kier molecular flexibility index (Phi) is 6.12. The minimum Gasteiger partial charge on any atom is -0.344 e. The van der Waals surface area contributed by atoms with E-state index in [-0.39, 0.29) is 5.69 Å². The van der Waals surface area contributed by atoms with Gasteiger partial charge in [-0.15, -0.1) is 0 Å². The Hall–Kier alpha value is -2.11. The zero-order valence-corrected chi connectivity index (χ0v) is 16.9. The largest absolute Gasteiger partial charge is 0.404 e. The second-order valence-electron chi connectivity index (χ2n) is 6.24. The first-order valence-corrected chi connectivity index (χ1v) is 9.79. The van der Waals surface area contributed by atoms with E-state index in [1.54, 1.807) is 26.0 Å². The van der Waals surface area contributed by atoms with Crippen molar-refractivity contribution in [3.63, 3.8) is 0 Å². The number of aryl methyl sites for hydroxylation is 3. The van der Waals surface area contributed by atoms with Crippen molar-refractivity contribution in [1.82, 2.24) is 14.3 Å². The molecule has 0 fully saturated rings. The van der Waals surface area contributed by atoms with E-state index in [0.29, 0.717) is 24.0 Å². The quantitative estimate of drug-likeness (QED) is 0.749. The van der Waals surface area contributed by atoms with Crippen molar-refractivity contribution in [2.75, 3.05) is 5.32 Å². The van der Waals surface area contributed by atoms with E-state index in [9.17, 15) is 26.4 Å². The molecule has 12 heteroatoms. The number of amides is 1. The first kappa shape index (κ1) is 22.2. The maximum atomic E-state index is 12.7. The zero-order valence-electron chi connectivity index (χ0n) is 15.3. The SMILES string of the molecule is Cc1cc(NC(=O)c2c(Cl)c(S(=O)(=O)N[C@H](C)C(F)(F)F)cn2C)cc(C)n1. The lowest BCUT2D eigenvalue weighted by atomic mass is 10.2. The maximum absolute atomic E-state index is 12.7. The molecule has 2 aromatic heterocycles. The zero-order chi connectivity index (χ0) is 21.4. The van der Waals surface area contributed by atoms with Gasteiger partial charge in [-0.25, -0.2) is 8.42 Å². The second-order valence-corrected chi connectivity index (χ2v) is 8.30. The number of nitrogens with one attached hydrogen (secondary N) is 2. The summed E-state index contributed by atoms with van der Waals surface area (Å²) in [6, 6.07) is 0.881. The highest BCUT2D eigenvalue weighted by molar-refractivity contribution is 7.89. The number of carbonyl (C=O) groups is 1. The third-order valence-corrected chi connectivity index (χ3v) is 5.80. The van der Waals surface area contributed by atoms with Crippen LogP contribution in [0.2, 0.25) is 5.02 Å². The van der Waals surface area contributed by atoms with Crippen LogP contribution in [0.5, 0.6) is 0 Å². The molecule has 0 aliphatic heterocycles. The van der Waals surface area contributed by atoms with Crippen molar-refractivity contribution in [2.45, 2.75) is 37.9 Å². The number of pyridine rings is 1. The van der Waals surface area contributed by atoms with Crippen molar-refractivity contribution in [3.05, 3.63) is 40.4 Å². The molecule has 0 aromatic carbocycles. The van der Waals surface area contributed by atoms with Crippen LogP contribution in [0.1, 0.15) is 28.8 Å². The molecule has 0 aliphatic rings. The smallest absolute Gasteiger partial charge is 0.344 e. The van der Waals surface area contributed by atoms with Crippen LogP contribution in [0.4, 0.5) is 18.9 Å². The summed E-state index contributed by atoms with van der Waals surface area (Å²) in [5, 5.41) is 2.09. The number of sulfonamides is 1. The van der Waals surface area contributed by atoms with Gasteiger partial charge in [0.25, 0.3) is 5.91 Å². The van der Waals surface area contributed by atoms with E-state index in [1.165, 1.54) is 11.8 Å². The fraction of sp³-hybridized carbons (Fsp3) is 0.375. The summed E-state index contributed by atoms with van der Waals surface area (Å²) in [7, 11) is -3.25. The fourth-order valence-corrected chi connectivity index (χ4v) is 4.40. The third kappa shape index (κ3) is 4.83. The minimum atomic E-state index is -4.77. The van der Waals surface area contributed by atoms with Crippen LogP contribution < -0.4 is 10.0 Å². The van der Waals surface area contributed by atoms with Crippen LogP contribution in [0.15, 0.2) is 23.2 Å². The number of anilines is 1. The molecule has 0 unspecified atom stereocenters. The Bertz CT molecular complexity index is 999. The summed E-state index contributed by atoms with van der Waals surface area (Å²) in [5.41, 5.74) is 1.51. The number of aromatic nitrogens is 2. The first-order valence-electron chi connectivity index (χ1n) is 7.93. The molecule has 1 amide bonds. The molecule has 2 N–H and O–H groups in total. The summed E-state index contributed by atoms with van der Waals surface area (Å²) >= 11 is 6.04. The van der Waals surface area contributed by atoms with E-state index in [0.717, 1.165) is 10.8 Å². The van der Waals surface area contributed by atoms with Gasteiger partial charge in [0.15, 0.2) is 0 Å². The number of nitrogens with zero attached hydrogens (tertiary/aromatic N) is 2. The molecule has 28 heavy (non-hydrogen) atoms. The van der Waals surface area contributed by atoms with Gasteiger partial charge in [0.05, 0.1) is 5.02 Å². The fourth-order valence-electron chi connectivity index (χ4n) is 2.48. The van der Waals surface area contributed by atoms with E-state index in [4.69, 9.17) is 11.6 Å². The number of carbonyl (C=O) groups excluding carboxylic acids is 1. The van der Waals surface area contributed by atoms with Crippen LogP contribution in [-0.4, -0.2) is 36.1 Å². The molecule has 2 aromatic rings. The Morgan fingerprint density at radius 2 is 1.79 bits per heavy atom. The lowest BCUT2D eigenvalue weighted by Gasteiger charge is -2.16. The highest BCUT2D eigenvalue weighted by atomic mass is 35.5. The van der Waals surface area contributed by atoms with Gasteiger partial charge in [0.1, 0.15) is 16.6 Å². The Morgan fingerprint density at radius 3 is 2.29 bits per heavy atom. The predicted molar refractivity (Wildman–Crippen MR) is 97.9 cm³/mol. The first-order chi connectivity index (χ1) is 12.7. The molecule has 2 rings (SSSR count). The van der Waals surface area contributed by atoms with Crippen LogP contribution in [-0.2, 0) is 17.1 Å². The molecule has 154 valence electrons. The van der Waals surface area contributed by atoms with Crippen LogP contribution in [0, 0.1) is 13.8 Å². The molecule has 0 bridgehead atoms. The molecule has 0 saturated heterocycles. The molecule has 7 nitrogen and oxygen atoms in total. The molecule has 0 spiro atoms. The predicted octanol–water partition coefficient (Wildman–Crippen LogP) is 3.17. The second kappa shape index (κ2) is 7.72. The summed E-state index contributed by atoms with van der Waals surface area (Å²) < 4.78 is 65.3. The van der Waals surface area contributed by atoms with E-state index >= 15 is 0 Å². The van der Waals surface area contributed by atoms with Crippen molar-refractivity contribution >= 4 is 33.2 Å². The van der Waals surface area contributed by atoms with Gasteiger partial charge in [-0.05, 0) is 32.9 Å². The topological polar surface area (TPSA) is 93.1 Å². The molecule has 0 radical (unpaired) electrons. The summed E-state index contributed by atoms with van der Waals surface area (Å²) in [4.78, 5) is 16.1. The number of hydrogen-bond acceptors (Lipinski definition) is 4. The number of hydrogen-bond donors (Lipinski definition) is 2.